The first-order valence-electron chi connectivity index (χ1n) is 7.37. The summed E-state index contributed by atoms with van der Waals surface area (Å²) in [4.78, 5) is 12.7. The molecule has 0 bridgehead atoms. The van der Waals surface area contributed by atoms with E-state index in [0.717, 1.165) is 16.8 Å². The molecule has 2 N–H and O–H groups in total. The molecule has 3 rings (SSSR count). The quantitative estimate of drug-likeness (QED) is 0.758. The van der Waals surface area contributed by atoms with Crippen molar-refractivity contribution in [3.05, 3.63) is 71.5 Å². The molecule has 0 saturated heterocycles. The van der Waals surface area contributed by atoms with Gasteiger partial charge in [-0.05, 0) is 31.0 Å². The number of carbonyl (C=O) groups is 1. The second kappa shape index (κ2) is 6.83. The summed E-state index contributed by atoms with van der Waals surface area (Å²) >= 11 is 0. The van der Waals surface area contributed by atoms with Gasteiger partial charge in [-0.2, -0.15) is 5.21 Å². The van der Waals surface area contributed by atoms with Gasteiger partial charge in [-0.3, -0.25) is 4.79 Å². The van der Waals surface area contributed by atoms with Crippen LogP contribution in [0.2, 0.25) is 0 Å². The van der Waals surface area contributed by atoms with E-state index in [4.69, 9.17) is 0 Å². The molecular weight excluding hydrogens is 290 g/mol. The van der Waals surface area contributed by atoms with E-state index in [-0.39, 0.29) is 5.91 Å². The summed E-state index contributed by atoms with van der Waals surface area (Å²) in [5.41, 5.74) is 2.95. The highest BCUT2D eigenvalue weighted by atomic mass is 16.1. The van der Waals surface area contributed by atoms with Crippen LogP contribution in [0.3, 0.4) is 0 Å². The van der Waals surface area contributed by atoms with Gasteiger partial charge >= 0.3 is 0 Å². The second-order valence-electron chi connectivity index (χ2n) is 5.37. The van der Waals surface area contributed by atoms with Crippen LogP contribution < -0.4 is 5.32 Å². The molecule has 1 aromatic heterocycles. The number of nitrogens with zero attached hydrogens (tertiary/aromatic N) is 3. The second-order valence-corrected chi connectivity index (χ2v) is 5.37. The number of tetrazole rings is 1. The Morgan fingerprint density at radius 3 is 2.70 bits per heavy atom. The minimum atomic E-state index is -0.504. The maximum atomic E-state index is 12.7. The molecule has 0 fully saturated rings. The highest BCUT2D eigenvalue weighted by Gasteiger charge is 2.25. The molecule has 0 aliphatic heterocycles. The van der Waals surface area contributed by atoms with Crippen molar-refractivity contribution < 1.29 is 4.79 Å². The Morgan fingerprint density at radius 2 is 2.00 bits per heavy atom. The number of H-pyrrole nitrogens is 1. The Labute approximate surface area is 133 Å². The lowest BCUT2D eigenvalue weighted by Crippen LogP contribution is -2.24. The van der Waals surface area contributed by atoms with Gasteiger partial charge in [0.1, 0.15) is 5.92 Å². The van der Waals surface area contributed by atoms with E-state index in [1.807, 2.05) is 55.5 Å². The van der Waals surface area contributed by atoms with Gasteiger partial charge < -0.3 is 5.32 Å². The lowest BCUT2D eigenvalue weighted by atomic mass is 9.96. The summed E-state index contributed by atoms with van der Waals surface area (Å²) < 4.78 is 0. The zero-order chi connectivity index (χ0) is 16.1. The standard InChI is InChI=1S/C17H17N5O/c1-12-6-5-7-13(10-12)11-15(16-19-21-22-20-16)17(23)18-14-8-3-2-4-9-14/h2-10,15H,11H2,1H3,(H,18,23)(H,19,20,21,22)/t15-/m0/s1. The van der Waals surface area contributed by atoms with Crippen molar-refractivity contribution in [2.45, 2.75) is 19.3 Å². The molecule has 0 radical (unpaired) electrons. The number of para-hydroxylation sites is 1. The van der Waals surface area contributed by atoms with Crippen LogP contribution in [0.4, 0.5) is 5.69 Å². The number of aromatic nitrogens is 4. The normalized spacial score (nSPS) is 11.9. The van der Waals surface area contributed by atoms with E-state index < -0.39 is 5.92 Å². The Bertz CT molecular complexity index is 771. The molecule has 23 heavy (non-hydrogen) atoms. The Kier molecular flexibility index (Phi) is 4.42. The molecular formula is C17H17N5O. The van der Waals surface area contributed by atoms with Gasteiger partial charge in [0, 0.05) is 5.69 Å². The number of aryl methyl sites for hydroxylation is 1. The van der Waals surface area contributed by atoms with Crippen molar-refractivity contribution in [3.8, 4) is 0 Å². The predicted octanol–water partition coefficient (Wildman–Crippen LogP) is 2.47. The summed E-state index contributed by atoms with van der Waals surface area (Å²) in [6.07, 6.45) is 0.514. The van der Waals surface area contributed by atoms with E-state index in [1.165, 1.54) is 0 Å². The molecule has 3 aromatic rings. The van der Waals surface area contributed by atoms with Crippen molar-refractivity contribution in [3.63, 3.8) is 0 Å². The van der Waals surface area contributed by atoms with Gasteiger partial charge in [0.25, 0.3) is 0 Å². The smallest absolute Gasteiger partial charge is 0.235 e. The van der Waals surface area contributed by atoms with Crippen LogP contribution in [0.1, 0.15) is 22.9 Å². The number of amides is 1. The predicted molar refractivity (Wildman–Crippen MR) is 86.9 cm³/mol. The Morgan fingerprint density at radius 1 is 1.17 bits per heavy atom. The fraction of sp³-hybridized carbons (Fsp3) is 0.176. The maximum Gasteiger partial charge on any atom is 0.235 e. The zero-order valence-corrected chi connectivity index (χ0v) is 12.7. The summed E-state index contributed by atoms with van der Waals surface area (Å²) in [6.45, 7) is 2.02. The first-order valence-corrected chi connectivity index (χ1v) is 7.37. The minimum Gasteiger partial charge on any atom is -0.325 e. The average molecular weight is 307 g/mol. The highest BCUT2D eigenvalue weighted by Crippen LogP contribution is 2.20. The molecule has 1 atom stereocenters. The molecule has 0 unspecified atom stereocenters. The number of anilines is 1. The number of hydrogen-bond donors (Lipinski definition) is 2. The largest absolute Gasteiger partial charge is 0.325 e. The van der Waals surface area contributed by atoms with Crippen molar-refractivity contribution in [1.29, 1.82) is 0 Å². The molecule has 6 nitrogen and oxygen atoms in total. The lowest BCUT2D eigenvalue weighted by molar-refractivity contribution is -0.117. The maximum absolute atomic E-state index is 12.7. The van der Waals surface area contributed by atoms with E-state index in [2.05, 4.69) is 32.0 Å². The van der Waals surface area contributed by atoms with E-state index in [9.17, 15) is 4.79 Å². The van der Waals surface area contributed by atoms with Crippen LogP contribution >= 0.6 is 0 Å². The van der Waals surface area contributed by atoms with Crippen molar-refractivity contribution in [1.82, 2.24) is 20.6 Å². The Hall–Kier alpha value is -3.02. The minimum absolute atomic E-state index is 0.154. The molecule has 0 aliphatic carbocycles. The number of hydrogen-bond acceptors (Lipinski definition) is 4. The van der Waals surface area contributed by atoms with Crippen LogP contribution in [0.5, 0.6) is 0 Å². The van der Waals surface area contributed by atoms with Crippen LogP contribution in [0.15, 0.2) is 54.6 Å². The SMILES string of the molecule is Cc1cccc(C[C@H](C(=O)Nc2ccccc2)c2nn[nH]n2)c1. The van der Waals surface area contributed by atoms with Crippen molar-refractivity contribution in [2.75, 3.05) is 5.32 Å². The van der Waals surface area contributed by atoms with Gasteiger partial charge in [-0.15, -0.1) is 10.2 Å². The third-order valence-corrected chi connectivity index (χ3v) is 3.55. The van der Waals surface area contributed by atoms with Gasteiger partial charge in [0.2, 0.25) is 5.91 Å². The van der Waals surface area contributed by atoms with Crippen LogP contribution in [0.25, 0.3) is 0 Å². The lowest BCUT2D eigenvalue weighted by Gasteiger charge is -2.14. The fourth-order valence-electron chi connectivity index (χ4n) is 2.44. The van der Waals surface area contributed by atoms with Gasteiger partial charge in [-0.25, -0.2) is 0 Å². The monoisotopic (exact) mass is 307 g/mol. The number of carbonyl (C=O) groups excluding carboxylic acids is 1. The van der Waals surface area contributed by atoms with Gasteiger partial charge in [0.15, 0.2) is 5.82 Å². The van der Waals surface area contributed by atoms with Crippen molar-refractivity contribution >= 4 is 11.6 Å². The molecule has 116 valence electrons. The number of rotatable bonds is 5. The summed E-state index contributed by atoms with van der Waals surface area (Å²) in [7, 11) is 0. The van der Waals surface area contributed by atoms with Crippen LogP contribution in [-0.2, 0) is 11.2 Å². The van der Waals surface area contributed by atoms with E-state index >= 15 is 0 Å². The van der Waals surface area contributed by atoms with Gasteiger partial charge in [-0.1, -0.05) is 53.2 Å². The molecule has 0 spiro atoms. The van der Waals surface area contributed by atoms with E-state index in [0.29, 0.717) is 12.2 Å². The molecule has 6 heteroatoms. The molecule has 2 aromatic carbocycles. The van der Waals surface area contributed by atoms with Crippen molar-refractivity contribution in [2.24, 2.45) is 0 Å². The fourth-order valence-corrected chi connectivity index (χ4v) is 2.44. The topological polar surface area (TPSA) is 83.6 Å². The molecule has 1 heterocycles. The van der Waals surface area contributed by atoms with Crippen LogP contribution in [0, 0.1) is 6.92 Å². The zero-order valence-electron chi connectivity index (χ0n) is 12.7. The Balaban J connectivity index is 1.82. The molecule has 0 saturated carbocycles. The number of aromatic amines is 1. The van der Waals surface area contributed by atoms with E-state index in [1.54, 1.807) is 0 Å². The highest BCUT2D eigenvalue weighted by molar-refractivity contribution is 5.95. The van der Waals surface area contributed by atoms with Crippen LogP contribution in [-0.4, -0.2) is 26.5 Å². The first kappa shape index (κ1) is 14.9. The molecule has 1 amide bonds. The summed E-state index contributed by atoms with van der Waals surface area (Å²) in [5, 5.41) is 16.9. The summed E-state index contributed by atoms with van der Waals surface area (Å²) in [6, 6.07) is 17.4. The molecule has 0 aliphatic rings. The summed E-state index contributed by atoms with van der Waals surface area (Å²) in [5.74, 6) is -0.269. The average Bonchev–Trinajstić information content (AvgIpc) is 3.07. The number of benzene rings is 2. The first-order chi connectivity index (χ1) is 11.2. The third kappa shape index (κ3) is 3.79. The number of nitrogens with one attached hydrogen (secondary N) is 2. The van der Waals surface area contributed by atoms with Gasteiger partial charge in [0.05, 0.1) is 0 Å². The third-order valence-electron chi connectivity index (χ3n) is 3.55.